The molecule has 306 valence electrons. The molecule has 1 aliphatic heterocycles. The molecule has 0 fully saturated rings. The van der Waals surface area contributed by atoms with Gasteiger partial charge in [-0.25, -0.2) is 0 Å². The second-order valence-corrected chi connectivity index (χ2v) is 33.4. The Kier molecular flexibility index (Phi) is 15.6. The van der Waals surface area contributed by atoms with Crippen LogP contribution >= 0.6 is 17.0 Å². The molecule has 1 heterocycles. The fourth-order valence-electron chi connectivity index (χ4n) is 8.12. The van der Waals surface area contributed by atoms with Crippen LogP contribution in [0.4, 0.5) is 0 Å². The molecular weight excluding hydrogens is 895 g/mol. The van der Waals surface area contributed by atoms with Gasteiger partial charge in [0.05, 0.1) is 25.7 Å². The fourth-order valence-corrected chi connectivity index (χ4v) is 12.7. The van der Waals surface area contributed by atoms with Gasteiger partial charge in [0.25, 0.3) is 0 Å². The largest absolute Gasteiger partial charge is 0.184 e. The molecule has 0 saturated heterocycles. The summed E-state index contributed by atoms with van der Waals surface area (Å²) in [6.45, 7) is 23.6. The minimum atomic E-state index is -1.36. The molecule has 8 aromatic rings. The van der Waals surface area contributed by atoms with E-state index < -0.39 is 37.0 Å². The van der Waals surface area contributed by atoms with E-state index in [1.165, 1.54) is 76.4 Å². The minimum Gasteiger partial charge on any atom is -0.184 e. The molecule has 0 unspecified atom stereocenters. The molecule has 0 amide bonds. The number of hydrogen-bond acceptors (Lipinski definition) is 0. The molecule has 2 radical (unpaired) electrons. The van der Waals surface area contributed by atoms with Gasteiger partial charge in [-0.15, -0.1) is 74.6 Å². The van der Waals surface area contributed by atoms with E-state index in [0.29, 0.717) is 11.8 Å². The van der Waals surface area contributed by atoms with Gasteiger partial charge < -0.3 is 0 Å². The molecule has 0 N–H and O–H groups in total. The van der Waals surface area contributed by atoms with E-state index >= 15 is 0 Å². The predicted octanol–water partition coefficient (Wildman–Crippen LogP) is 14.3. The van der Waals surface area contributed by atoms with Crippen molar-refractivity contribution >= 4 is 85.0 Å². The molecule has 0 atom stereocenters. The van der Waals surface area contributed by atoms with E-state index in [1.54, 1.807) is 10.4 Å². The zero-order valence-electron chi connectivity index (χ0n) is 36.8. The van der Waals surface area contributed by atoms with E-state index in [1.807, 2.05) is 6.07 Å². The van der Waals surface area contributed by atoms with Crippen LogP contribution in [0, 0.1) is 6.07 Å². The van der Waals surface area contributed by atoms with Crippen molar-refractivity contribution in [3.8, 4) is 33.4 Å². The summed E-state index contributed by atoms with van der Waals surface area (Å²) in [7, 11) is 7.94. The van der Waals surface area contributed by atoms with Gasteiger partial charge in [-0.1, -0.05) is 184 Å². The van der Waals surface area contributed by atoms with Crippen molar-refractivity contribution in [2.75, 3.05) is 0 Å². The standard InChI is InChI=1S/2C21H25Si.C12H7Si.2ClH.Zr/c2*1-15(2)17-13-16-9-8-11-18(20(16)14-17)19-10-6-7-12-21(19)22(3,4)5;1-3-7-11-9(5-1)10-6-2-4-8-12(10)13-11;;;/h2*6-15H,1-5H3;1-7H;2*1H;/q3*-1;;;+2/p-2. The van der Waals surface area contributed by atoms with Gasteiger partial charge in [0.2, 0.25) is 0 Å². The van der Waals surface area contributed by atoms with E-state index in [-0.39, 0.29) is 0 Å². The van der Waals surface area contributed by atoms with Crippen LogP contribution in [0.3, 0.4) is 0 Å². The first-order chi connectivity index (χ1) is 28.6. The Morgan fingerprint density at radius 2 is 0.900 bits per heavy atom. The maximum Gasteiger partial charge on any atom is 0.0920 e. The summed E-state index contributed by atoms with van der Waals surface area (Å²) in [5, 5.41) is 11.5. The van der Waals surface area contributed by atoms with Crippen LogP contribution in [0.2, 0.25) is 39.3 Å². The molecule has 0 spiro atoms. The number of rotatable bonds is 6. The van der Waals surface area contributed by atoms with Gasteiger partial charge in [0.15, 0.2) is 0 Å². The van der Waals surface area contributed by atoms with E-state index in [9.17, 15) is 0 Å². The molecule has 6 heteroatoms. The summed E-state index contributed by atoms with van der Waals surface area (Å²) in [4.78, 5) is 0. The molecule has 9 rings (SSSR count). The van der Waals surface area contributed by atoms with Gasteiger partial charge in [0.1, 0.15) is 0 Å². The van der Waals surface area contributed by atoms with E-state index in [2.05, 4.69) is 219 Å². The van der Waals surface area contributed by atoms with E-state index in [4.69, 9.17) is 17.0 Å². The van der Waals surface area contributed by atoms with Crippen molar-refractivity contribution in [2.45, 2.75) is 78.8 Å². The van der Waals surface area contributed by atoms with Gasteiger partial charge in [0, 0.05) is 0 Å². The van der Waals surface area contributed by atoms with Crippen LogP contribution in [0.1, 0.15) is 50.7 Å². The summed E-state index contributed by atoms with van der Waals surface area (Å²) < 4.78 is 0. The predicted molar refractivity (Wildman–Crippen MR) is 272 cm³/mol. The molecule has 1 aliphatic rings. The number of hydrogen-bond donors (Lipinski definition) is 0. The Morgan fingerprint density at radius 1 is 0.500 bits per heavy atom. The minimum absolute atomic E-state index is 0.576. The van der Waals surface area contributed by atoms with Crippen molar-refractivity contribution in [3.63, 3.8) is 0 Å². The summed E-state index contributed by atoms with van der Waals surface area (Å²) >= 11 is -0.826. The van der Waals surface area contributed by atoms with Crippen molar-refractivity contribution < 1.29 is 20.8 Å². The number of halogens is 2. The van der Waals surface area contributed by atoms with Crippen molar-refractivity contribution in [3.05, 3.63) is 169 Å². The van der Waals surface area contributed by atoms with Gasteiger partial charge >= 0.3 is 37.9 Å². The Morgan fingerprint density at radius 3 is 1.35 bits per heavy atom. The molecular formula is C54H57Cl2Si3Zr-3. The van der Waals surface area contributed by atoms with Crippen LogP contribution in [0.25, 0.3) is 54.9 Å². The summed E-state index contributed by atoms with van der Waals surface area (Å²) in [6, 6.07) is 59.0. The normalized spacial score (nSPS) is 11.9. The summed E-state index contributed by atoms with van der Waals surface area (Å²) in [6.07, 6.45) is 0. The van der Waals surface area contributed by atoms with Gasteiger partial charge in [-0.05, 0) is 23.0 Å². The van der Waals surface area contributed by atoms with Crippen LogP contribution in [0.5, 0.6) is 0 Å². The zero-order chi connectivity index (χ0) is 43.2. The Bertz CT molecular complexity index is 2490. The molecule has 0 nitrogen and oxygen atoms in total. The third-order valence-electron chi connectivity index (χ3n) is 11.3. The molecule has 60 heavy (non-hydrogen) atoms. The average molecular weight is 952 g/mol. The number of fused-ring (bicyclic) bond motifs is 5. The smallest absolute Gasteiger partial charge is 0.0920 e. The first-order valence-electron chi connectivity index (χ1n) is 21.0. The summed E-state index contributed by atoms with van der Waals surface area (Å²) in [5.41, 5.74) is 11.3. The van der Waals surface area contributed by atoms with Crippen LogP contribution in [0.15, 0.2) is 152 Å². The summed E-state index contributed by atoms with van der Waals surface area (Å²) in [5.74, 6) is 1.15. The topological polar surface area (TPSA) is 0 Å². The van der Waals surface area contributed by atoms with Crippen molar-refractivity contribution in [1.29, 1.82) is 0 Å². The van der Waals surface area contributed by atoms with Crippen molar-refractivity contribution in [1.82, 2.24) is 0 Å². The van der Waals surface area contributed by atoms with Crippen LogP contribution in [-0.4, -0.2) is 25.7 Å². The third-order valence-corrected chi connectivity index (χ3v) is 16.7. The van der Waals surface area contributed by atoms with E-state index in [0.717, 1.165) is 9.52 Å². The molecule has 0 bridgehead atoms. The second-order valence-electron chi connectivity index (χ2n) is 18.3. The average Bonchev–Trinajstić information content (AvgIpc) is 3.97. The Balaban J connectivity index is 0.000000150. The Hall–Kier alpha value is -3.35. The van der Waals surface area contributed by atoms with Crippen LogP contribution < -0.4 is 20.7 Å². The third kappa shape index (κ3) is 10.8. The quantitative estimate of drug-likeness (QED) is 0.115. The molecule has 0 aliphatic carbocycles. The second kappa shape index (κ2) is 20.2. The first kappa shape index (κ1) is 46.2. The van der Waals surface area contributed by atoms with Crippen LogP contribution in [-0.2, 0) is 20.8 Å². The van der Waals surface area contributed by atoms with Gasteiger partial charge in [-0.3, -0.25) is 0 Å². The molecule has 0 saturated carbocycles. The fraction of sp³-hybridized carbons (Fsp3) is 0.222. The SMILES string of the molecule is CC(C)c1cc2c(-c3ccccc3[Si](C)(C)C)cccc2[cH-]1.CC(C)c1cc2c(-c3ccccc3[Si](C)(C)C)cccc2[cH-]1.[Cl][Zr][Cl].[c-]1cccc2c1[Si]c1ccccc1-2. The zero-order valence-corrected chi connectivity index (χ0v) is 43.8. The Labute approximate surface area is 383 Å². The van der Waals surface area contributed by atoms with Crippen molar-refractivity contribution in [2.24, 2.45) is 0 Å². The maximum atomic E-state index is 4.93. The first-order valence-corrected chi connectivity index (χ1v) is 35.4. The van der Waals surface area contributed by atoms with Gasteiger partial charge in [-0.2, -0.15) is 41.6 Å². The molecule has 8 aromatic carbocycles. The maximum absolute atomic E-state index is 4.93. The number of benzene rings is 6. The molecule has 0 aromatic heterocycles. The monoisotopic (exact) mass is 949 g/mol.